The van der Waals surface area contributed by atoms with Gasteiger partial charge in [-0.2, -0.15) is 0 Å². The quantitative estimate of drug-likeness (QED) is 0.841. The van der Waals surface area contributed by atoms with E-state index in [0.717, 1.165) is 37.8 Å². The van der Waals surface area contributed by atoms with Crippen LogP contribution in [-0.2, 0) is 11.3 Å². The predicted octanol–water partition coefficient (Wildman–Crippen LogP) is 3.50. The third kappa shape index (κ3) is 3.33. The van der Waals surface area contributed by atoms with E-state index in [2.05, 4.69) is 11.1 Å². The van der Waals surface area contributed by atoms with E-state index in [-0.39, 0.29) is 18.0 Å². The number of hydrogen-bond acceptors (Lipinski definition) is 3. The number of carbonyl (C=O) groups is 1. The summed E-state index contributed by atoms with van der Waals surface area (Å²) in [4.78, 5) is 31.8. The maximum absolute atomic E-state index is 12.9. The molecule has 1 saturated carbocycles. The Balaban J connectivity index is 1.62. The Labute approximate surface area is 150 Å². The normalized spacial score (nSPS) is 17.4. The summed E-state index contributed by atoms with van der Waals surface area (Å²) in [5, 5.41) is 1.02. The third-order valence-corrected chi connectivity index (χ3v) is 5.09. The highest BCUT2D eigenvalue weighted by Crippen LogP contribution is 2.33. The van der Waals surface area contributed by atoms with Gasteiger partial charge in [-0.15, -0.1) is 0 Å². The second kappa shape index (κ2) is 6.64. The molecular formula is C19H20ClN3O2. The summed E-state index contributed by atoms with van der Waals surface area (Å²) in [6.07, 6.45) is 10.0. The monoisotopic (exact) mass is 357 g/mol. The number of carbonyl (C=O) groups excluding carboxylic acids is 1. The Morgan fingerprint density at radius 2 is 2.16 bits per heavy atom. The molecule has 1 amide bonds. The number of nitrogens with zero attached hydrogens (tertiary/aromatic N) is 3. The van der Waals surface area contributed by atoms with E-state index >= 15 is 0 Å². The van der Waals surface area contributed by atoms with Gasteiger partial charge in [0.2, 0.25) is 5.91 Å². The van der Waals surface area contributed by atoms with Crippen LogP contribution in [-0.4, -0.2) is 26.4 Å². The van der Waals surface area contributed by atoms with E-state index in [4.69, 9.17) is 11.6 Å². The van der Waals surface area contributed by atoms with Gasteiger partial charge in [-0.05, 0) is 56.7 Å². The molecule has 0 saturated heterocycles. The number of benzene rings is 1. The lowest BCUT2D eigenvalue weighted by Crippen LogP contribution is -2.38. The Bertz CT molecular complexity index is 915. The Hall–Kier alpha value is -2.14. The number of hydrogen-bond donors (Lipinski definition) is 0. The van der Waals surface area contributed by atoms with Crippen LogP contribution in [0.15, 0.2) is 41.1 Å². The van der Waals surface area contributed by atoms with Gasteiger partial charge in [-0.25, -0.2) is 4.98 Å². The first-order valence-electron chi connectivity index (χ1n) is 8.79. The van der Waals surface area contributed by atoms with Crippen LogP contribution in [0.1, 0.15) is 38.5 Å². The number of fused-ring (bicyclic) bond motifs is 1. The molecule has 130 valence electrons. The van der Waals surface area contributed by atoms with Gasteiger partial charge in [0.05, 0.1) is 17.2 Å². The van der Waals surface area contributed by atoms with E-state index in [0.29, 0.717) is 22.0 Å². The van der Waals surface area contributed by atoms with Crippen LogP contribution in [0.25, 0.3) is 10.9 Å². The van der Waals surface area contributed by atoms with Crippen molar-refractivity contribution >= 4 is 28.4 Å². The number of rotatable bonds is 4. The van der Waals surface area contributed by atoms with Gasteiger partial charge in [-0.3, -0.25) is 14.2 Å². The van der Waals surface area contributed by atoms with Crippen molar-refractivity contribution in [3.63, 3.8) is 0 Å². The Morgan fingerprint density at radius 1 is 1.32 bits per heavy atom. The van der Waals surface area contributed by atoms with E-state index in [9.17, 15) is 9.59 Å². The second-order valence-corrected chi connectivity index (χ2v) is 7.21. The highest BCUT2D eigenvalue weighted by molar-refractivity contribution is 6.31. The zero-order valence-corrected chi connectivity index (χ0v) is 14.7. The Kier molecular flexibility index (Phi) is 4.34. The first-order valence-corrected chi connectivity index (χ1v) is 9.17. The zero-order valence-electron chi connectivity index (χ0n) is 13.9. The molecule has 6 heteroatoms. The van der Waals surface area contributed by atoms with Gasteiger partial charge in [0.15, 0.2) is 0 Å². The van der Waals surface area contributed by atoms with Gasteiger partial charge >= 0.3 is 0 Å². The lowest BCUT2D eigenvalue weighted by Gasteiger charge is -2.28. The van der Waals surface area contributed by atoms with Crippen molar-refractivity contribution in [1.82, 2.24) is 14.5 Å². The first kappa shape index (κ1) is 16.3. The second-order valence-electron chi connectivity index (χ2n) is 6.78. The molecular weight excluding hydrogens is 338 g/mol. The van der Waals surface area contributed by atoms with Crippen LogP contribution in [0.2, 0.25) is 5.02 Å². The van der Waals surface area contributed by atoms with Crippen molar-refractivity contribution in [1.29, 1.82) is 0 Å². The first-order chi connectivity index (χ1) is 12.1. The molecule has 0 radical (unpaired) electrons. The molecule has 0 atom stereocenters. The van der Waals surface area contributed by atoms with Crippen molar-refractivity contribution in [3.05, 3.63) is 51.7 Å². The topological polar surface area (TPSA) is 55.2 Å². The van der Waals surface area contributed by atoms with E-state index in [1.807, 2.05) is 4.90 Å². The minimum absolute atomic E-state index is 0.0205. The summed E-state index contributed by atoms with van der Waals surface area (Å²) >= 11 is 5.95. The molecule has 0 N–H and O–H groups in total. The average molecular weight is 358 g/mol. The zero-order chi connectivity index (χ0) is 17.4. The van der Waals surface area contributed by atoms with Crippen molar-refractivity contribution in [2.45, 2.75) is 51.1 Å². The van der Waals surface area contributed by atoms with Gasteiger partial charge in [-0.1, -0.05) is 17.7 Å². The van der Waals surface area contributed by atoms with Gasteiger partial charge in [0.25, 0.3) is 5.56 Å². The molecule has 2 aliphatic rings. The highest BCUT2D eigenvalue weighted by Gasteiger charge is 2.35. The molecule has 1 aromatic heterocycles. The van der Waals surface area contributed by atoms with Gasteiger partial charge < -0.3 is 4.90 Å². The summed E-state index contributed by atoms with van der Waals surface area (Å²) in [5.74, 6) is -0.0205. The molecule has 1 fully saturated rings. The smallest absolute Gasteiger partial charge is 0.261 e. The Morgan fingerprint density at radius 3 is 2.88 bits per heavy atom. The van der Waals surface area contributed by atoms with Crippen LogP contribution in [0.3, 0.4) is 0 Å². The largest absolute Gasteiger partial charge is 0.312 e. The maximum atomic E-state index is 12.9. The average Bonchev–Trinajstić information content (AvgIpc) is 3.43. The molecule has 2 aliphatic carbocycles. The van der Waals surface area contributed by atoms with Crippen molar-refractivity contribution in [2.75, 3.05) is 0 Å². The molecule has 0 unspecified atom stereocenters. The molecule has 0 spiro atoms. The van der Waals surface area contributed by atoms with E-state index in [1.165, 1.54) is 17.3 Å². The number of amides is 1. The third-order valence-electron chi connectivity index (χ3n) is 4.85. The molecule has 1 heterocycles. The standard InChI is InChI=1S/C19H20ClN3O2/c20-13-6-9-16-17(10-13)21-12-22(19(16)25)11-18(24)23(15-7-8-15)14-4-2-1-3-5-14/h4,6,9-10,12,15H,1-3,5,7-8,11H2. The van der Waals surface area contributed by atoms with Crippen LogP contribution in [0.4, 0.5) is 0 Å². The SMILES string of the molecule is O=C(Cn1cnc2cc(Cl)ccc2c1=O)N(C1=CCCCC1)C1CC1. The number of halogens is 1. The number of aromatic nitrogens is 2. The fourth-order valence-corrected chi connectivity index (χ4v) is 3.60. The van der Waals surface area contributed by atoms with Crippen LogP contribution in [0.5, 0.6) is 0 Å². The highest BCUT2D eigenvalue weighted by atomic mass is 35.5. The lowest BCUT2D eigenvalue weighted by atomic mass is 10.0. The molecule has 1 aromatic carbocycles. The van der Waals surface area contributed by atoms with E-state index < -0.39 is 0 Å². The summed E-state index contributed by atoms with van der Waals surface area (Å²) in [6.45, 7) is 0.0260. The van der Waals surface area contributed by atoms with Gasteiger partial charge in [0, 0.05) is 16.8 Å². The van der Waals surface area contributed by atoms with E-state index in [1.54, 1.807) is 18.2 Å². The maximum Gasteiger partial charge on any atom is 0.261 e. The van der Waals surface area contributed by atoms with Crippen LogP contribution in [0, 0.1) is 0 Å². The van der Waals surface area contributed by atoms with Crippen molar-refractivity contribution in [2.24, 2.45) is 0 Å². The van der Waals surface area contributed by atoms with Gasteiger partial charge in [0.1, 0.15) is 6.54 Å². The minimum atomic E-state index is -0.205. The molecule has 5 nitrogen and oxygen atoms in total. The number of allylic oxidation sites excluding steroid dienone is 2. The minimum Gasteiger partial charge on any atom is -0.312 e. The molecule has 25 heavy (non-hydrogen) atoms. The van der Waals surface area contributed by atoms with Crippen LogP contribution < -0.4 is 5.56 Å². The molecule has 4 rings (SSSR count). The summed E-state index contributed by atoms with van der Waals surface area (Å²) in [6, 6.07) is 5.30. The fourth-order valence-electron chi connectivity index (χ4n) is 3.44. The predicted molar refractivity (Wildman–Crippen MR) is 97.4 cm³/mol. The lowest BCUT2D eigenvalue weighted by molar-refractivity contribution is -0.130. The molecule has 0 bridgehead atoms. The van der Waals surface area contributed by atoms with Crippen LogP contribution >= 0.6 is 11.6 Å². The van der Waals surface area contributed by atoms with Crippen molar-refractivity contribution < 1.29 is 4.79 Å². The van der Waals surface area contributed by atoms with Crippen molar-refractivity contribution in [3.8, 4) is 0 Å². The summed E-state index contributed by atoms with van der Waals surface area (Å²) in [7, 11) is 0. The molecule has 0 aliphatic heterocycles. The summed E-state index contributed by atoms with van der Waals surface area (Å²) in [5.41, 5.74) is 1.48. The molecule has 2 aromatic rings. The summed E-state index contributed by atoms with van der Waals surface area (Å²) < 4.78 is 1.40. The fraction of sp³-hybridized carbons (Fsp3) is 0.421.